The van der Waals surface area contributed by atoms with Crippen LogP contribution in [0.1, 0.15) is 18.4 Å². The molecule has 1 saturated heterocycles. The summed E-state index contributed by atoms with van der Waals surface area (Å²) in [6.07, 6.45) is 2.38. The van der Waals surface area contributed by atoms with Crippen molar-refractivity contribution in [3.05, 3.63) is 55.9 Å². The minimum atomic E-state index is 0.228. The molecule has 1 amide bonds. The highest BCUT2D eigenvalue weighted by atomic mass is 79.9. The van der Waals surface area contributed by atoms with E-state index in [0.29, 0.717) is 6.42 Å². The molecule has 7 heteroatoms. The van der Waals surface area contributed by atoms with Crippen LogP contribution in [0, 0.1) is 0 Å². The Morgan fingerprint density at radius 1 is 0.966 bits per heavy atom. The lowest BCUT2D eigenvalue weighted by atomic mass is 10.0. The number of rotatable bonds is 5. The van der Waals surface area contributed by atoms with Crippen molar-refractivity contribution < 1.29 is 4.79 Å². The second-order valence-corrected chi connectivity index (χ2v) is 9.81. The molecule has 0 atom stereocenters. The molecule has 0 N–H and O–H groups in total. The summed E-state index contributed by atoms with van der Waals surface area (Å²) in [6, 6.07) is 12.2. The number of fused-ring (bicyclic) bond motifs is 1. The van der Waals surface area contributed by atoms with E-state index >= 15 is 0 Å². The summed E-state index contributed by atoms with van der Waals surface area (Å²) in [6.45, 7) is 5.86. The van der Waals surface area contributed by atoms with Crippen LogP contribution < -0.4 is 9.80 Å². The lowest BCUT2D eigenvalue weighted by Gasteiger charge is -2.37. The van der Waals surface area contributed by atoms with Crippen molar-refractivity contribution in [2.45, 2.75) is 19.3 Å². The Bertz CT molecular complexity index is 900. The standard InChI is InChI=1S/C22H24Br2ClN3O/c23-17-13-16-5-6-21(29)28(22(16)20(24)14-17)8-2-7-26-9-11-27(12-10-26)19-4-1-3-18(25)15-19/h1,3-4,13-15H,2,5-12H2. The van der Waals surface area contributed by atoms with E-state index in [2.05, 4.69) is 53.8 Å². The molecule has 0 saturated carbocycles. The molecule has 0 radical (unpaired) electrons. The zero-order valence-electron chi connectivity index (χ0n) is 16.2. The van der Waals surface area contributed by atoms with Gasteiger partial charge in [0.05, 0.1) is 5.69 Å². The third-order valence-corrected chi connectivity index (χ3v) is 6.99. The molecule has 2 aliphatic rings. The Labute approximate surface area is 194 Å². The van der Waals surface area contributed by atoms with Gasteiger partial charge in [-0.3, -0.25) is 9.69 Å². The maximum Gasteiger partial charge on any atom is 0.227 e. The predicted octanol–water partition coefficient (Wildman–Crippen LogP) is 5.36. The van der Waals surface area contributed by atoms with E-state index in [-0.39, 0.29) is 5.91 Å². The van der Waals surface area contributed by atoms with E-state index < -0.39 is 0 Å². The zero-order valence-corrected chi connectivity index (χ0v) is 20.1. The third-order valence-electron chi connectivity index (χ3n) is 5.69. The number of hydrogen-bond donors (Lipinski definition) is 0. The number of amides is 1. The Balaban J connectivity index is 1.31. The Hall–Kier alpha value is -1.08. The first-order valence-electron chi connectivity index (χ1n) is 10.0. The molecule has 0 unspecified atom stereocenters. The maximum atomic E-state index is 12.6. The fourth-order valence-electron chi connectivity index (χ4n) is 4.20. The van der Waals surface area contributed by atoms with Gasteiger partial charge < -0.3 is 9.80 Å². The van der Waals surface area contributed by atoms with Gasteiger partial charge in [0.2, 0.25) is 5.91 Å². The molecular formula is C22H24Br2ClN3O. The van der Waals surface area contributed by atoms with E-state index in [1.807, 2.05) is 29.2 Å². The molecule has 1 fully saturated rings. The summed E-state index contributed by atoms with van der Waals surface area (Å²) in [7, 11) is 0. The number of nitrogens with zero attached hydrogens (tertiary/aromatic N) is 3. The molecule has 0 aliphatic carbocycles. The number of halogens is 3. The Morgan fingerprint density at radius 2 is 1.76 bits per heavy atom. The van der Waals surface area contributed by atoms with Gasteiger partial charge in [-0.2, -0.15) is 0 Å². The highest BCUT2D eigenvalue weighted by Crippen LogP contribution is 2.37. The number of benzene rings is 2. The molecule has 154 valence electrons. The molecule has 2 heterocycles. The fraction of sp³-hybridized carbons (Fsp3) is 0.409. The van der Waals surface area contributed by atoms with Crippen LogP contribution >= 0.6 is 43.5 Å². The lowest BCUT2D eigenvalue weighted by Crippen LogP contribution is -2.47. The summed E-state index contributed by atoms with van der Waals surface area (Å²) in [5.41, 5.74) is 3.49. The average molecular weight is 542 g/mol. The van der Waals surface area contributed by atoms with Crippen LogP contribution in [0.15, 0.2) is 45.3 Å². The van der Waals surface area contributed by atoms with E-state index in [4.69, 9.17) is 11.6 Å². The van der Waals surface area contributed by atoms with Gasteiger partial charge in [0.25, 0.3) is 0 Å². The first kappa shape index (κ1) is 21.2. The van der Waals surface area contributed by atoms with Gasteiger partial charge in [0.15, 0.2) is 0 Å². The topological polar surface area (TPSA) is 26.8 Å². The van der Waals surface area contributed by atoms with Crippen LogP contribution in [0.5, 0.6) is 0 Å². The van der Waals surface area contributed by atoms with E-state index in [0.717, 1.165) is 71.8 Å². The number of carbonyl (C=O) groups is 1. The van der Waals surface area contributed by atoms with Crippen molar-refractivity contribution in [1.29, 1.82) is 0 Å². The molecule has 0 spiro atoms. The van der Waals surface area contributed by atoms with Crippen LogP contribution in [0.25, 0.3) is 0 Å². The van der Waals surface area contributed by atoms with Gasteiger partial charge in [0.1, 0.15) is 0 Å². The van der Waals surface area contributed by atoms with E-state index in [1.54, 1.807) is 0 Å². The van der Waals surface area contributed by atoms with Crippen LogP contribution in [-0.2, 0) is 11.2 Å². The quantitative estimate of drug-likeness (QED) is 0.510. The largest absolute Gasteiger partial charge is 0.369 e. The summed E-state index contributed by atoms with van der Waals surface area (Å²) < 4.78 is 2.04. The molecule has 4 rings (SSSR count). The first-order valence-corrected chi connectivity index (χ1v) is 12.0. The van der Waals surface area contributed by atoms with Gasteiger partial charge in [-0.25, -0.2) is 0 Å². The van der Waals surface area contributed by atoms with Gasteiger partial charge >= 0.3 is 0 Å². The minimum Gasteiger partial charge on any atom is -0.369 e. The Morgan fingerprint density at radius 3 is 2.52 bits per heavy atom. The normalized spacial score (nSPS) is 17.6. The molecule has 4 nitrogen and oxygen atoms in total. The molecule has 0 bridgehead atoms. The molecule has 2 aromatic rings. The van der Waals surface area contributed by atoms with Crippen molar-refractivity contribution in [2.75, 3.05) is 49.1 Å². The summed E-state index contributed by atoms with van der Waals surface area (Å²) >= 11 is 13.3. The number of hydrogen-bond acceptors (Lipinski definition) is 3. The van der Waals surface area contributed by atoms with Crippen molar-refractivity contribution in [3.63, 3.8) is 0 Å². The molecule has 2 aromatic carbocycles. The highest BCUT2D eigenvalue weighted by molar-refractivity contribution is 9.11. The van der Waals surface area contributed by atoms with Crippen molar-refractivity contribution in [2.24, 2.45) is 0 Å². The van der Waals surface area contributed by atoms with Gasteiger partial charge in [-0.1, -0.05) is 33.6 Å². The molecular weight excluding hydrogens is 518 g/mol. The predicted molar refractivity (Wildman–Crippen MR) is 127 cm³/mol. The zero-order chi connectivity index (χ0) is 20.4. The highest BCUT2D eigenvalue weighted by Gasteiger charge is 2.26. The van der Waals surface area contributed by atoms with E-state index in [1.165, 1.54) is 11.3 Å². The second-order valence-electron chi connectivity index (χ2n) is 7.60. The number of aryl methyl sites for hydroxylation is 1. The molecule has 29 heavy (non-hydrogen) atoms. The molecule has 2 aliphatic heterocycles. The van der Waals surface area contributed by atoms with Gasteiger partial charge in [-0.15, -0.1) is 0 Å². The first-order chi connectivity index (χ1) is 14.0. The average Bonchev–Trinajstić information content (AvgIpc) is 2.70. The van der Waals surface area contributed by atoms with Gasteiger partial charge in [-0.05, 0) is 71.2 Å². The molecule has 0 aromatic heterocycles. The van der Waals surface area contributed by atoms with Crippen molar-refractivity contribution >= 4 is 60.7 Å². The van der Waals surface area contributed by atoms with Crippen LogP contribution in [0.2, 0.25) is 5.02 Å². The maximum absolute atomic E-state index is 12.6. The monoisotopic (exact) mass is 539 g/mol. The Kier molecular flexibility index (Phi) is 6.84. The second kappa shape index (κ2) is 9.38. The fourth-order valence-corrected chi connectivity index (χ4v) is 5.92. The smallest absolute Gasteiger partial charge is 0.227 e. The van der Waals surface area contributed by atoms with Crippen molar-refractivity contribution in [3.8, 4) is 0 Å². The summed E-state index contributed by atoms with van der Waals surface area (Å²) in [5.74, 6) is 0.228. The minimum absolute atomic E-state index is 0.228. The summed E-state index contributed by atoms with van der Waals surface area (Å²) in [4.78, 5) is 19.4. The number of carbonyl (C=O) groups excluding carboxylic acids is 1. The van der Waals surface area contributed by atoms with E-state index in [9.17, 15) is 4.79 Å². The number of anilines is 2. The van der Waals surface area contributed by atoms with Crippen LogP contribution in [-0.4, -0.2) is 50.1 Å². The van der Waals surface area contributed by atoms with Crippen molar-refractivity contribution in [1.82, 2.24) is 4.90 Å². The van der Waals surface area contributed by atoms with Gasteiger partial charge in [0, 0.05) is 58.8 Å². The number of piperazine rings is 1. The third kappa shape index (κ3) is 4.98. The summed E-state index contributed by atoms with van der Waals surface area (Å²) in [5, 5.41) is 0.787. The SMILES string of the molecule is O=C1CCc2cc(Br)cc(Br)c2N1CCCN1CCN(c2cccc(Cl)c2)CC1. The lowest BCUT2D eigenvalue weighted by molar-refractivity contribution is -0.118. The van der Waals surface area contributed by atoms with Crippen LogP contribution in [0.4, 0.5) is 11.4 Å². The van der Waals surface area contributed by atoms with Crippen LogP contribution in [0.3, 0.4) is 0 Å².